The van der Waals surface area contributed by atoms with Gasteiger partial charge in [-0.25, -0.2) is 13.3 Å². The minimum atomic E-state index is -4.56. The Bertz CT molecular complexity index is 1540. The average Bonchev–Trinajstić information content (AvgIpc) is 3.56. The molecule has 6 rings (SSSR count). The highest BCUT2D eigenvalue weighted by atomic mass is 32.1. The zero-order valence-corrected chi connectivity index (χ0v) is 19.9. The van der Waals surface area contributed by atoms with E-state index in [2.05, 4.69) is 10.2 Å². The molecular weight excluding hydrogens is 519 g/mol. The molecule has 4 aromatic rings. The van der Waals surface area contributed by atoms with Crippen molar-refractivity contribution in [2.75, 3.05) is 19.6 Å². The normalized spacial score (nSPS) is 18.8. The monoisotopic (exact) mass is 538 g/mol. The minimum Gasteiger partial charge on any atom is -0.337 e. The number of halogens is 5. The van der Waals surface area contributed by atoms with E-state index >= 15 is 0 Å². The molecule has 3 aromatic heterocycles. The van der Waals surface area contributed by atoms with E-state index in [0.29, 0.717) is 16.5 Å². The van der Waals surface area contributed by atoms with Crippen LogP contribution in [0.2, 0.25) is 0 Å². The number of hydrogen-bond acceptors (Lipinski definition) is 5. The molecule has 8 nitrogen and oxygen atoms in total. The quantitative estimate of drug-likeness (QED) is 0.371. The molecule has 2 amide bonds. The first-order valence-electron chi connectivity index (χ1n) is 11.5. The number of amides is 2. The Morgan fingerprint density at radius 2 is 1.95 bits per heavy atom. The smallest absolute Gasteiger partial charge is 0.337 e. The van der Waals surface area contributed by atoms with Crippen LogP contribution in [0.4, 0.5) is 22.0 Å². The summed E-state index contributed by atoms with van der Waals surface area (Å²) in [4.78, 5) is 28.8. The third-order valence-electron chi connectivity index (χ3n) is 6.95. The number of alkyl halides is 3. The molecule has 0 aliphatic carbocycles. The van der Waals surface area contributed by atoms with Gasteiger partial charge in [-0.1, -0.05) is 0 Å². The zero-order valence-electron chi connectivity index (χ0n) is 19.1. The minimum absolute atomic E-state index is 0.00808. The van der Waals surface area contributed by atoms with E-state index in [1.807, 2.05) is 0 Å². The van der Waals surface area contributed by atoms with Gasteiger partial charge in [0.05, 0.1) is 28.4 Å². The summed E-state index contributed by atoms with van der Waals surface area (Å²) < 4.78 is 71.7. The van der Waals surface area contributed by atoms with Crippen LogP contribution in [-0.4, -0.2) is 72.9 Å². The van der Waals surface area contributed by atoms with Crippen LogP contribution < -0.4 is 0 Å². The number of benzene rings is 1. The Morgan fingerprint density at radius 3 is 2.70 bits per heavy atom. The van der Waals surface area contributed by atoms with Crippen molar-refractivity contribution in [3.05, 3.63) is 52.8 Å². The van der Waals surface area contributed by atoms with E-state index in [1.165, 1.54) is 17.5 Å². The summed E-state index contributed by atoms with van der Waals surface area (Å²) in [5, 5.41) is 10.3. The molecule has 194 valence electrons. The Hall–Kier alpha value is -3.55. The van der Waals surface area contributed by atoms with Gasteiger partial charge in [0.2, 0.25) is 5.91 Å². The fourth-order valence-electron chi connectivity index (χ4n) is 5.14. The third-order valence-corrected chi connectivity index (χ3v) is 7.84. The number of aromatic nitrogens is 4. The first-order valence-corrected chi connectivity index (χ1v) is 12.4. The molecule has 2 aliphatic heterocycles. The SMILES string of the molecule is O=C(c1cnn2ccsc12)N1CC(c2nn(CC(=O)N3CCC[C@H]3C(F)(F)F)c3cc(F)cc(F)c23)C1. The highest BCUT2D eigenvalue weighted by molar-refractivity contribution is 7.15. The Labute approximate surface area is 209 Å². The van der Waals surface area contributed by atoms with Gasteiger partial charge in [0.25, 0.3) is 5.91 Å². The fourth-order valence-corrected chi connectivity index (χ4v) is 5.93. The number of hydrogen-bond donors (Lipinski definition) is 0. The van der Waals surface area contributed by atoms with E-state index in [9.17, 15) is 31.5 Å². The molecule has 0 N–H and O–H groups in total. The summed E-state index contributed by atoms with van der Waals surface area (Å²) in [7, 11) is 0. The molecule has 0 spiro atoms. The van der Waals surface area contributed by atoms with Crippen molar-refractivity contribution in [2.45, 2.75) is 37.5 Å². The number of carbonyl (C=O) groups excluding carboxylic acids is 2. The van der Waals surface area contributed by atoms with Gasteiger partial charge in [-0.05, 0) is 12.8 Å². The average molecular weight is 539 g/mol. The van der Waals surface area contributed by atoms with Gasteiger partial charge < -0.3 is 9.80 Å². The number of carbonyl (C=O) groups is 2. The lowest BCUT2D eigenvalue weighted by atomic mass is 9.93. The summed E-state index contributed by atoms with van der Waals surface area (Å²) in [5.41, 5.74) is 0.646. The molecule has 14 heteroatoms. The van der Waals surface area contributed by atoms with Gasteiger partial charge in [-0.3, -0.25) is 14.3 Å². The molecular formula is C23H19F5N6O2S. The lowest BCUT2D eigenvalue weighted by molar-refractivity contribution is -0.183. The summed E-state index contributed by atoms with van der Waals surface area (Å²) in [6, 6.07) is -0.184. The largest absolute Gasteiger partial charge is 0.408 e. The predicted octanol–water partition coefficient (Wildman–Crippen LogP) is 3.82. The summed E-state index contributed by atoms with van der Waals surface area (Å²) in [6.45, 7) is -0.223. The molecule has 1 atom stereocenters. The van der Waals surface area contributed by atoms with Crippen LogP contribution in [0.15, 0.2) is 29.9 Å². The van der Waals surface area contributed by atoms with Crippen LogP contribution in [-0.2, 0) is 11.3 Å². The van der Waals surface area contributed by atoms with Crippen molar-refractivity contribution in [1.29, 1.82) is 0 Å². The first-order chi connectivity index (χ1) is 17.6. The van der Waals surface area contributed by atoms with Crippen LogP contribution in [0.3, 0.4) is 0 Å². The van der Waals surface area contributed by atoms with Crippen molar-refractivity contribution >= 4 is 38.9 Å². The Morgan fingerprint density at radius 1 is 1.16 bits per heavy atom. The van der Waals surface area contributed by atoms with Crippen molar-refractivity contribution in [1.82, 2.24) is 29.2 Å². The van der Waals surface area contributed by atoms with Crippen LogP contribution in [0.5, 0.6) is 0 Å². The standard InChI is InChI=1S/C23H19F5N6O2S/c24-13-6-15(25)19-16(7-13)34(11-18(35)32-3-1-2-17(32)23(26,27)28)30-20(19)12-9-31(10-12)21(36)14-8-29-33-4-5-37-22(14)33/h4-8,12,17H,1-3,9-11H2/t17-/m0/s1. The highest BCUT2D eigenvalue weighted by Gasteiger charge is 2.47. The van der Waals surface area contributed by atoms with Crippen molar-refractivity contribution in [2.24, 2.45) is 0 Å². The number of fused-ring (bicyclic) bond motifs is 2. The van der Waals surface area contributed by atoms with Gasteiger partial charge in [-0.2, -0.15) is 23.4 Å². The number of rotatable bonds is 4. The summed E-state index contributed by atoms with van der Waals surface area (Å²) in [6.07, 6.45) is -1.33. The van der Waals surface area contributed by atoms with E-state index in [4.69, 9.17) is 0 Å². The lowest BCUT2D eigenvalue weighted by Crippen LogP contribution is -2.48. The summed E-state index contributed by atoms with van der Waals surface area (Å²) in [5.74, 6) is -3.25. The molecule has 0 radical (unpaired) electrons. The van der Waals surface area contributed by atoms with E-state index in [1.54, 1.807) is 21.0 Å². The lowest BCUT2D eigenvalue weighted by Gasteiger charge is -2.38. The fraction of sp³-hybridized carbons (Fsp3) is 0.391. The second kappa shape index (κ2) is 8.50. The Kier molecular flexibility index (Phi) is 5.47. The summed E-state index contributed by atoms with van der Waals surface area (Å²) >= 11 is 1.37. The number of thiazole rings is 1. The molecule has 2 aliphatic rings. The van der Waals surface area contributed by atoms with Crippen LogP contribution in [0.1, 0.15) is 34.8 Å². The molecule has 1 aromatic carbocycles. The highest BCUT2D eigenvalue weighted by Crippen LogP contribution is 2.36. The Balaban J connectivity index is 1.26. The molecule has 2 saturated heterocycles. The molecule has 0 bridgehead atoms. The molecule has 5 heterocycles. The van der Waals surface area contributed by atoms with E-state index < -0.39 is 42.2 Å². The number of nitrogens with zero attached hydrogens (tertiary/aromatic N) is 6. The van der Waals surface area contributed by atoms with Crippen molar-refractivity contribution in [3.63, 3.8) is 0 Å². The second-order valence-corrected chi connectivity index (χ2v) is 10.1. The van der Waals surface area contributed by atoms with Gasteiger partial charge in [0.1, 0.15) is 29.1 Å². The molecule has 0 unspecified atom stereocenters. The van der Waals surface area contributed by atoms with Crippen LogP contribution in [0, 0.1) is 11.6 Å². The van der Waals surface area contributed by atoms with Gasteiger partial charge in [-0.15, -0.1) is 11.3 Å². The molecule has 2 fully saturated rings. The maximum Gasteiger partial charge on any atom is 0.408 e. The van der Waals surface area contributed by atoms with Crippen molar-refractivity contribution in [3.8, 4) is 0 Å². The predicted molar refractivity (Wildman–Crippen MR) is 122 cm³/mol. The van der Waals surface area contributed by atoms with E-state index in [-0.39, 0.29) is 55.0 Å². The van der Waals surface area contributed by atoms with E-state index in [0.717, 1.165) is 15.6 Å². The molecule has 0 saturated carbocycles. The van der Waals surface area contributed by atoms with Crippen LogP contribution >= 0.6 is 11.3 Å². The third kappa shape index (κ3) is 3.93. The number of likely N-dealkylation sites (tertiary alicyclic amines) is 2. The van der Waals surface area contributed by atoms with Gasteiger partial charge in [0, 0.05) is 49.3 Å². The zero-order chi connectivity index (χ0) is 26.1. The first kappa shape index (κ1) is 23.8. The molecule has 37 heavy (non-hydrogen) atoms. The maximum absolute atomic E-state index is 14.9. The van der Waals surface area contributed by atoms with Crippen LogP contribution in [0.25, 0.3) is 15.7 Å². The van der Waals surface area contributed by atoms with Gasteiger partial charge in [0.15, 0.2) is 0 Å². The second-order valence-electron chi connectivity index (χ2n) is 9.23. The maximum atomic E-state index is 14.9. The topological polar surface area (TPSA) is 75.7 Å². The van der Waals surface area contributed by atoms with Crippen molar-refractivity contribution < 1.29 is 31.5 Å². The van der Waals surface area contributed by atoms with Gasteiger partial charge >= 0.3 is 6.18 Å².